The lowest BCUT2D eigenvalue weighted by molar-refractivity contribution is -0.137. The molecular weight excluding hydrogens is 283 g/mol. The van der Waals surface area contributed by atoms with E-state index >= 15 is 0 Å². The number of hydrogen-bond donors (Lipinski definition) is 0. The Balaban J connectivity index is 2.22. The van der Waals surface area contributed by atoms with E-state index in [1.165, 1.54) is 16.0 Å². The summed E-state index contributed by atoms with van der Waals surface area (Å²) in [4.78, 5) is 12.3. The van der Waals surface area contributed by atoms with Gasteiger partial charge in [0.15, 0.2) is 0 Å². The third-order valence-electron chi connectivity index (χ3n) is 3.04. The molecule has 1 amide bonds. The first-order valence-corrected chi connectivity index (χ1v) is 6.31. The van der Waals surface area contributed by atoms with E-state index in [9.17, 15) is 18.0 Å². The minimum atomic E-state index is -4.39. The van der Waals surface area contributed by atoms with Crippen LogP contribution in [0.1, 0.15) is 12.0 Å². The summed E-state index contributed by atoms with van der Waals surface area (Å²) in [5.41, 5.74) is -0.369. The van der Waals surface area contributed by atoms with Gasteiger partial charge in [0.2, 0.25) is 6.41 Å². The third-order valence-corrected chi connectivity index (χ3v) is 3.04. The standard InChI is InChI=1S/C14H14F3N3O/c1-2-7-19(10-21)13-6-8-20(18-13)12-5-3-4-11(9-12)14(15,16)17/h2-5,9-10H,1,6-8H2. The molecule has 1 heterocycles. The first kappa shape index (κ1) is 15.1. The molecule has 0 fully saturated rings. The van der Waals surface area contributed by atoms with E-state index < -0.39 is 11.7 Å². The lowest BCUT2D eigenvalue weighted by Crippen LogP contribution is -2.28. The van der Waals surface area contributed by atoms with Crippen molar-refractivity contribution in [2.75, 3.05) is 18.1 Å². The summed E-state index contributed by atoms with van der Waals surface area (Å²) < 4.78 is 38.1. The summed E-state index contributed by atoms with van der Waals surface area (Å²) in [6, 6.07) is 4.96. The highest BCUT2D eigenvalue weighted by Crippen LogP contribution is 2.32. The van der Waals surface area contributed by atoms with Gasteiger partial charge in [0.1, 0.15) is 5.84 Å². The van der Waals surface area contributed by atoms with E-state index in [0.29, 0.717) is 37.4 Å². The number of anilines is 1. The lowest BCUT2D eigenvalue weighted by atomic mass is 10.2. The Morgan fingerprint density at radius 1 is 1.43 bits per heavy atom. The molecule has 2 rings (SSSR count). The molecule has 0 bridgehead atoms. The molecule has 0 N–H and O–H groups in total. The summed E-state index contributed by atoms with van der Waals surface area (Å²) in [5, 5.41) is 5.66. The molecule has 1 aliphatic rings. The van der Waals surface area contributed by atoms with E-state index in [4.69, 9.17) is 0 Å². The Labute approximate surface area is 120 Å². The zero-order valence-corrected chi connectivity index (χ0v) is 11.2. The average molecular weight is 297 g/mol. The molecule has 1 aromatic carbocycles. The zero-order valence-electron chi connectivity index (χ0n) is 11.2. The zero-order chi connectivity index (χ0) is 15.5. The second-order valence-electron chi connectivity index (χ2n) is 4.48. The van der Waals surface area contributed by atoms with Crippen molar-refractivity contribution in [2.45, 2.75) is 12.6 Å². The normalized spacial score (nSPS) is 14.8. The molecule has 112 valence electrons. The fourth-order valence-electron chi connectivity index (χ4n) is 2.02. The second-order valence-corrected chi connectivity index (χ2v) is 4.48. The Bertz CT molecular complexity index is 569. The highest BCUT2D eigenvalue weighted by Gasteiger charge is 2.31. The molecule has 1 aromatic rings. The van der Waals surface area contributed by atoms with Gasteiger partial charge in [-0.1, -0.05) is 12.1 Å². The van der Waals surface area contributed by atoms with Crippen molar-refractivity contribution in [3.63, 3.8) is 0 Å². The van der Waals surface area contributed by atoms with Crippen molar-refractivity contribution in [1.82, 2.24) is 4.90 Å². The van der Waals surface area contributed by atoms with Gasteiger partial charge in [0.05, 0.1) is 11.3 Å². The van der Waals surface area contributed by atoms with Crippen LogP contribution >= 0.6 is 0 Å². The van der Waals surface area contributed by atoms with E-state index in [0.717, 1.165) is 12.1 Å². The van der Waals surface area contributed by atoms with E-state index in [-0.39, 0.29) is 0 Å². The highest BCUT2D eigenvalue weighted by molar-refractivity contribution is 5.93. The molecule has 0 aromatic heterocycles. The minimum Gasteiger partial charge on any atom is -0.298 e. The summed E-state index contributed by atoms with van der Waals surface area (Å²) in [5.74, 6) is 0.516. The van der Waals surface area contributed by atoms with Crippen molar-refractivity contribution >= 4 is 17.9 Å². The van der Waals surface area contributed by atoms with Crippen LogP contribution in [0.5, 0.6) is 0 Å². The van der Waals surface area contributed by atoms with Crippen molar-refractivity contribution in [2.24, 2.45) is 5.10 Å². The van der Waals surface area contributed by atoms with Gasteiger partial charge < -0.3 is 0 Å². The number of alkyl halides is 3. The van der Waals surface area contributed by atoms with Gasteiger partial charge in [-0.25, -0.2) is 0 Å². The SMILES string of the molecule is C=CCN(C=O)C1=NN(c2cccc(C(F)(F)F)c2)CC1. The number of hydrazone groups is 1. The van der Waals surface area contributed by atoms with Gasteiger partial charge in [-0.2, -0.15) is 18.3 Å². The number of benzene rings is 1. The van der Waals surface area contributed by atoms with Gasteiger partial charge in [-0.05, 0) is 18.2 Å². The minimum absolute atomic E-state index is 0.318. The molecule has 0 spiro atoms. The maximum Gasteiger partial charge on any atom is 0.416 e. The fourth-order valence-corrected chi connectivity index (χ4v) is 2.02. The van der Waals surface area contributed by atoms with Crippen LogP contribution in [0.2, 0.25) is 0 Å². The number of amides is 1. The number of carbonyl (C=O) groups is 1. The van der Waals surface area contributed by atoms with Crippen LogP contribution in [0.25, 0.3) is 0 Å². The van der Waals surface area contributed by atoms with Gasteiger partial charge in [-0.3, -0.25) is 14.7 Å². The first-order chi connectivity index (χ1) is 9.95. The maximum absolute atomic E-state index is 12.7. The summed E-state index contributed by atoms with van der Waals surface area (Å²) >= 11 is 0. The number of halogens is 3. The molecule has 0 atom stereocenters. The average Bonchev–Trinajstić information content (AvgIpc) is 2.93. The maximum atomic E-state index is 12.7. The molecule has 0 saturated carbocycles. The molecule has 4 nitrogen and oxygen atoms in total. The van der Waals surface area contributed by atoms with E-state index in [1.54, 1.807) is 12.1 Å². The molecule has 0 radical (unpaired) electrons. The Kier molecular flexibility index (Phi) is 4.30. The van der Waals surface area contributed by atoms with Crippen LogP contribution in [0.4, 0.5) is 18.9 Å². The van der Waals surface area contributed by atoms with Crippen molar-refractivity contribution in [3.8, 4) is 0 Å². The Morgan fingerprint density at radius 2 is 2.19 bits per heavy atom. The molecule has 0 saturated heterocycles. The molecule has 1 aliphatic heterocycles. The van der Waals surface area contributed by atoms with Crippen molar-refractivity contribution in [3.05, 3.63) is 42.5 Å². The van der Waals surface area contributed by atoms with Crippen LogP contribution in [-0.4, -0.2) is 30.2 Å². The van der Waals surface area contributed by atoms with E-state index in [1.807, 2.05) is 0 Å². The molecule has 0 unspecified atom stereocenters. The quantitative estimate of drug-likeness (QED) is 0.633. The molecule has 21 heavy (non-hydrogen) atoms. The lowest BCUT2D eigenvalue weighted by Gasteiger charge is -2.16. The van der Waals surface area contributed by atoms with Crippen LogP contribution in [0.3, 0.4) is 0 Å². The van der Waals surface area contributed by atoms with Gasteiger partial charge >= 0.3 is 6.18 Å². The van der Waals surface area contributed by atoms with Crippen LogP contribution in [0.15, 0.2) is 42.0 Å². The van der Waals surface area contributed by atoms with Crippen molar-refractivity contribution in [1.29, 1.82) is 0 Å². The summed E-state index contributed by atoms with van der Waals surface area (Å²) in [7, 11) is 0. The first-order valence-electron chi connectivity index (χ1n) is 6.31. The smallest absolute Gasteiger partial charge is 0.298 e. The van der Waals surface area contributed by atoms with Gasteiger partial charge in [0, 0.05) is 19.5 Å². The summed E-state index contributed by atoms with van der Waals surface area (Å²) in [6.07, 6.45) is -1.71. The molecular formula is C14H14F3N3O. The van der Waals surface area contributed by atoms with Crippen LogP contribution < -0.4 is 5.01 Å². The monoisotopic (exact) mass is 297 g/mol. The Hall–Kier alpha value is -2.31. The highest BCUT2D eigenvalue weighted by atomic mass is 19.4. The number of hydrogen-bond acceptors (Lipinski definition) is 3. The molecule has 0 aliphatic carbocycles. The third kappa shape index (κ3) is 3.42. The predicted octanol–water partition coefficient (Wildman–Crippen LogP) is 2.87. The Morgan fingerprint density at radius 3 is 2.81 bits per heavy atom. The number of carbonyl (C=O) groups excluding carboxylic acids is 1. The van der Waals surface area contributed by atoms with Gasteiger partial charge in [0.25, 0.3) is 0 Å². The second kappa shape index (κ2) is 5.99. The topological polar surface area (TPSA) is 35.9 Å². The number of nitrogens with zero attached hydrogens (tertiary/aromatic N) is 3. The largest absolute Gasteiger partial charge is 0.416 e. The number of amidine groups is 1. The van der Waals surface area contributed by atoms with Crippen LogP contribution in [-0.2, 0) is 11.0 Å². The predicted molar refractivity (Wildman–Crippen MR) is 73.8 cm³/mol. The fraction of sp³-hybridized carbons (Fsp3) is 0.286. The number of rotatable bonds is 4. The van der Waals surface area contributed by atoms with Crippen molar-refractivity contribution < 1.29 is 18.0 Å². The summed E-state index contributed by atoms with van der Waals surface area (Å²) in [6.45, 7) is 4.29. The molecule has 7 heteroatoms. The van der Waals surface area contributed by atoms with E-state index in [2.05, 4.69) is 11.7 Å². The van der Waals surface area contributed by atoms with Crippen LogP contribution in [0, 0.1) is 0 Å². The van der Waals surface area contributed by atoms with Gasteiger partial charge in [-0.15, -0.1) is 6.58 Å².